The summed E-state index contributed by atoms with van der Waals surface area (Å²) >= 11 is 0. The first-order chi connectivity index (χ1) is 14.0. The van der Waals surface area contributed by atoms with Crippen molar-refractivity contribution in [1.29, 1.82) is 0 Å². The Kier molecular flexibility index (Phi) is 4.66. The van der Waals surface area contributed by atoms with Gasteiger partial charge in [0, 0.05) is 28.2 Å². The molecule has 0 bridgehead atoms. The maximum atomic E-state index is 12.7. The number of rotatable bonds is 4. The highest BCUT2D eigenvalue weighted by Gasteiger charge is 2.11. The predicted octanol–water partition coefficient (Wildman–Crippen LogP) is 2.97. The molecule has 0 saturated heterocycles. The summed E-state index contributed by atoms with van der Waals surface area (Å²) in [6, 6.07) is 17.0. The smallest absolute Gasteiger partial charge is 0.272 e. The molecule has 0 aliphatic rings. The van der Waals surface area contributed by atoms with Crippen LogP contribution in [0.4, 0.5) is 5.69 Å². The highest BCUT2D eigenvalue weighted by Crippen LogP contribution is 2.20. The van der Waals surface area contributed by atoms with Crippen molar-refractivity contribution in [3.8, 4) is 0 Å². The van der Waals surface area contributed by atoms with Gasteiger partial charge in [0.05, 0.1) is 11.2 Å². The average Bonchev–Trinajstić information content (AvgIpc) is 3.15. The van der Waals surface area contributed by atoms with E-state index in [0.29, 0.717) is 17.1 Å². The molecule has 2 aromatic heterocycles. The standard InChI is InChI=1S/C21H19N7O/c1-12(27-28-21(22)23)14-4-5-15-10-19(26-18(15)9-14)20(29)25-16-7-6-13-3-2-8-24-17(13)11-16/h2-11,26H,1H3,(H,25,29)(H4,22,23,28)/b27-12+. The first-order valence-corrected chi connectivity index (χ1v) is 8.92. The SMILES string of the molecule is C/C(=N\N=C(N)N)c1ccc2cc(C(=O)Nc3ccc4cccnc4c3)[nH]c2c1. The number of pyridine rings is 1. The lowest BCUT2D eigenvalue weighted by molar-refractivity contribution is 0.102. The molecule has 0 aliphatic heterocycles. The number of nitrogens with one attached hydrogen (secondary N) is 2. The largest absolute Gasteiger partial charge is 0.369 e. The number of aromatic nitrogens is 2. The van der Waals surface area contributed by atoms with Crippen molar-refractivity contribution in [2.24, 2.45) is 21.7 Å². The second-order valence-corrected chi connectivity index (χ2v) is 6.56. The molecule has 4 aromatic rings. The Balaban J connectivity index is 1.59. The van der Waals surface area contributed by atoms with Crippen LogP contribution < -0.4 is 16.8 Å². The molecule has 144 valence electrons. The molecular formula is C21H19N7O. The number of amides is 1. The van der Waals surface area contributed by atoms with Gasteiger partial charge in [-0.3, -0.25) is 9.78 Å². The van der Waals surface area contributed by atoms with Crippen molar-refractivity contribution < 1.29 is 4.79 Å². The van der Waals surface area contributed by atoms with E-state index in [-0.39, 0.29) is 11.9 Å². The lowest BCUT2D eigenvalue weighted by Gasteiger charge is -2.05. The number of guanidine groups is 1. The number of hydrogen-bond donors (Lipinski definition) is 4. The summed E-state index contributed by atoms with van der Waals surface area (Å²) in [7, 11) is 0. The lowest BCUT2D eigenvalue weighted by atomic mass is 10.1. The van der Waals surface area contributed by atoms with Crippen LogP contribution in [0.2, 0.25) is 0 Å². The molecule has 4 rings (SSSR count). The van der Waals surface area contributed by atoms with Crippen LogP contribution in [0.3, 0.4) is 0 Å². The Bertz CT molecular complexity index is 1280. The third-order valence-corrected chi connectivity index (χ3v) is 4.46. The first kappa shape index (κ1) is 18.2. The number of anilines is 1. The molecule has 0 atom stereocenters. The Morgan fingerprint density at radius 3 is 2.69 bits per heavy atom. The van der Waals surface area contributed by atoms with Gasteiger partial charge in [-0.15, -0.1) is 5.10 Å². The summed E-state index contributed by atoms with van der Waals surface area (Å²) < 4.78 is 0. The van der Waals surface area contributed by atoms with Crippen molar-refractivity contribution in [3.05, 3.63) is 72.1 Å². The number of nitrogens with zero attached hydrogens (tertiary/aromatic N) is 3. The van der Waals surface area contributed by atoms with E-state index >= 15 is 0 Å². The summed E-state index contributed by atoms with van der Waals surface area (Å²) in [5.41, 5.74) is 14.9. The van der Waals surface area contributed by atoms with E-state index in [0.717, 1.165) is 27.4 Å². The fourth-order valence-corrected chi connectivity index (χ4v) is 3.01. The lowest BCUT2D eigenvalue weighted by Crippen LogP contribution is -2.22. The number of aromatic amines is 1. The minimum Gasteiger partial charge on any atom is -0.369 e. The Morgan fingerprint density at radius 2 is 1.86 bits per heavy atom. The van der Waals surface area contributed by atoms with E-state index in [4.69, 9.17) is 11.5 Å². The van der Waals surface area contributed by atoms with Crippen LogP contribution in [-0.4, -0.2) is 27.5 Å². The molecule has 0 unspecified atom stereocenters. The van der Waals surface area contributed by atoms with Crippen molar-refractivity contribution in [1.82, 2.24) is 9.97 Å². The van der Waals surface area contributed by atoms with Crippen molar-refractivity contribution in [2.75, 3.05) is 5.32 Å². The van der Waals surface area contributed by atoms with Crippen LogP contribution in [0.15, 0.2) is 71.0 Å². The van der Waals surface area contributed by atoms with Gasteiger partial charge in [-0.25, -0.2) is 0 Å². The zero-order valence-electron chi connectivity index (χ0n) is 15.7. The van der Waals surface area contributed by atoms with E-state index in [9.17, 15) is 4.79 Å². The van der Waals surface area contributed by atoms with Crippen LogP contribution in [0.25, 0.3) is 21.8 Å². The molecule has 8 nitrogen and oxygen atoms in total. The maximum absolute atomic E-state index is 12.7. The molecule has 1 amide bonds. The van der Waals surface area contributed by atoms with E-state index in [1.165, 1.54) is 0 Å². The van der Waals surface area contributed by atoms with Gasteiger partial charge in [-0.2, -0.15) is 5.10 Å². The zero-order chi connectivity index (χ0) is 20.4. The first-order valence-electron chi connectivity index (χ1n) is 8.92. The summed E-state index contributed by atoms with van der Waals surface area (Å²) in [6.07, 6.45) is 1.72. The molecule has 2 aromatic carbocycles. The van der Waals surface area contributed by atoms with Crippen LogP contribution >= 0.6 is 0 Å². The van der Waals surface area contributed by atoms with Crippen LogP contribution in [0.1, 0.15) is 23.0 Å². The van der Waals surface area contributed by atoms with E-state index < -0.39 is 0 Å². The van der Waals surface area contributed by atoms with Gasteiger partial charge < -0.3 is 21.8 Å². The molecule has 6 N–H and O–H groups in total. The van der Waals surface area contributed by atoms with Gasteiger partial charge in [0.1, 0.15) is 5.69 Å². The summed E-state index contributed by atoms with van der Waals surface area (Å²) in [6.45, 7) is 1.80. The van der Waals surface area contributed by atoms with Crippen molar-refractivity contribution in [3.63, 3.8) is 0 Å². The van der Waals surface area contributed by atoms with Crippen molar-refractivity contribution >= 4 is 45.1 Å². The highest BCUT2D eigenvalue weighted by atomic mass is 16.1. The quantitative estimate of drug-likeness (QED) is 0.244. The number of carbonyl (C=O) groups excluding carboxylic acids is 1. The fourth-order valence-electron chi connectivity index (χ4n) is 3.01. The monoisotopic (exact) mass is 385 g/mol. The molecule has 29 heavy (non-hydrogen) atoms. The Hall–Kier alpha value is -4.20. The second-order valence-electron chi connectivity index (χ2n) is 6.56. The second kappa shape index (κ2) is 7.43. The zero-order valence-corrected chi connectivity index (χ0v) is 15.7. The van der Waals surface area contributed by atoms with Gasteiger partial charge in [-0.1, -0.05) is 24.3 Å². The van der Waals surface area contributed by atoms with E-state index in [1.54, 1.807) is 19.2 Å². The molecule has 8 heteroatoms. The normalized spacial score (nSPS) is 11.6. The molecule has 0 aliphatic carbocycles. The molecule has 0 spiro atoms. The van der Waals surface area contributed by atoms with Crippen LogP contribution in [0, 0.1) is 0 Å². The molecule has 2 heterocycles. The minimum atomic E-state index is -0.232. The third kappa shape index (κ3) is 3.91. The minimum absolute atomic E-state index is 0.104. The number of carbonyl (C=O) groups is 1. The van der Waals surface area contributed by atoms with Gasteiger partial charge in [0.25, 0.3) is 5.91 Å². The Labute approximate surface area is 166 Å². The predicted molar refractivity (Wildman–Crippen MR) is 116 cm³/mol. The Morgan fingerprint density at radius 1 is 1.03 bits per heavy atom. The van der Waals surface area contributed by atoms with E-state index in [2.05, 4.69) is 25.5 Å². The molecule has 0 saturated carbocycles. The van der Waals surface area contributed by atoms with Crippen molar-refractivity contribution in [2.45, 2.75) is 6.92 Å². The van der Waals surface area contributed by atoms with Crippen LogP contribution in [-0.2, 0) is 0 Å². The summed E-state index contributed by atoms with van der Waals surface area (Å²) in [5, 5.41) is 12.5. The number of fused-ring (bicyclic) bond motifs is 2. The van der Waals surface area contributed by atoms with E-state index in [1.807, 2.05) is 48.5 Å². The molecular weight excluding hydrogens is 366 g/mol. The van der Waals surface area contributed by atoms with Gasteiger partial charge in [0.2, 0.25) is 5.96 Å². The summed E-state index contributed by atoms with van der Waals surface area (Å²) in [4.78, 5) is 20.1. The summed E-state index contributed by atoms with van der Waals surface area (Å²) in [5.74, 6) is -0.336. The third-order valence-electron chi connectivity index (χ3n) is 4.46. The molecule has 0 fully saturated rings. The molecule has 0 radical (unpaired) electrons. The van der Waals surface area contributed by atoms with Gasteiger partial charge >= 0.3 is 0 Å². The van der Waals surface area contributed by atoms with Gasteiger partial charge in [-0.05, 0) is 42.8 Å². The number of H-pyrrole nitrogens is 1. The van der Waals surface area contributed by atoms with Crippen LogP contribution in [0.5, 0.6) is 0 Å². The number of hydrogen-bond acceptors (Lipinski definition) is 4. The van der Waals surface area contributed by atoms with Gasteiger partial charge in [0.15, 0.2) is 0 Å². The average molecular weight is 385 g/mol. The number of nitrogens with two attached hydrogens (primary N) is 2. The highest BCUT2D eigenvalue weighted by molar-refractivity contribution is 6.07. The maximum Gasteiger partial charge on any atom is 0.272 e. The number of benzene rings is 2. The topological polar surface area (TPSA) is 135 Å². The fraction of sp³-hybridized carbons (Fsp3) is 0.0476.